The van der Waals surface area contributed by atoms with Crippen molar-refractivity contribution in [3.8, 4) is 0 Å². The lowest BCUT2D eigenvalue weighted by Gasteiger charge is -2.29. The number of carbonyl (C=O) groups is 2. The van der Waals surface area contributed by atoms with Crippen molar-refractivity contribution in [1.82, 2.24) is 0 Å². The number of nitrogens with zero attached hydrogens (tertiary/aromatic N) is 2. The fourth-order valence-electron chi connectivity index (χ4n) is 2.91. The van der Waals surface area contributed by atoms with E-state index in [1.54, 1.807) is 19.9 Å². The maximum absolute atomic E-state index is 12.8. The quantitative estimate of drug-likeness (QED) is 0.372. The van der Waals surface area contributed by atoms with Crippen LogP contribution in [-0.4, -0.2) is 44.1 Å². The van der Waals surface area contributed by atoms with Crippen molar-refractivity contribution >= 4 is 39.0 Å². The van der Waals surface area contributed by atoms with E-state index in [2.05, 4.69) is 5.32 Å². The van der Waals surface area contributed by atoms with Crippen LogP contribution in [0.1, 0.15) is 29.8 Å². The number of non-ortho nitro benzene ring substituents is 1. The molecule has 0 saturated carbocycles. The maximum Gasteiger partial charge on any atom is 0.338 e. The van der Waals surface area contributed by atoms with Crippen LogP contribution in [0.4, 0.5) is 17.1 Å². The van der Waals surface area contributed by atoms with Gasteiger partial charge < -0.3 is 10.1 Å². The van der Waals surface area contributed by atoms with Gasteiger partial charge in [-0.15, -0.1) is 0 Å². The highest BCUT2D eigenvalue weighted by molar-refractivity contribution is 7.92. The summed E-state index contributed by atoms with van der Waals surface area (Å²) in [5, 5.41) is 13.7. The van der Waals surface area contributed by atoms with E-state index in [0.29, 0.717) is 5.56 Å². The monoisotopic (exact) mass is 449 g/mol. The van der Waals surface area contributed by atoms with E-state index in [0.717, 1.165) is 16.6 Å². The van der Waals surface area contributed by atoms with Crippen LogP contribution in [0.15, 0.2) is 42.5 Å². The second-order valence-corrected chi connectivity index (χ2v) is 8.61. The third-order valence-corrected chi connectivity index (χ3v) is 5.60. The van der Waals surface area contributed by atoms with E-state index in [4.69, 9.17) is 4.74 Å². The number of nitro benzene ring substituents is 1. The molecule has 2 aromatic carbocycles. The molecule has 1 N–H and O–H groups in total. The lowest BCUT2D eigenvalue weighted by Crippen LogP contribution is -2.45. The van der Waals surface area contributed by atoms with Gasteiger partial charge in [0.15, 0.2) is 0 Å². The predicted octanol–water partition coefficient (Wildman–Crippen LogP) is 2.87. The summed E-state index contributed by atoms with van der Waals surface area (Å²) in [6.45, 7) is 4.81. The molecule has 1 amide bonds. The topological polar surface area (TPSA) is 136 Å². The summed E-state index contributed by atoms with van der Waals surface area (Å²) in [6.07, 6.45) is 0.913. The Bertz CT molecular complexity index is 1120. The van der Waals surface area contributed by atoms with Crippen LogP contribution in [0.2, 0.25) is 0 Å². The lowest BCUT2D eigenvalue weighted by atomic mass is 10.1. The van der Waals surface area contributed by atoms with E-state index in [-0.39, 0.29) is 29.2 Å². The molecule has 2 aromatic rings. The summed E-state index contributed by atoms with van der Waals surface area (Å²) in [6, 6.07) is 8.56. The highest BCUT2D eigenvalue weighted by Crippen LogP contribution is 2.29. The van der Waals surface area contributed by atoms with Crippen LogP contribution in [0.25, 0.3) is 0 Å². The van der Waals surface area contributed by atoms with Crippen molar-refractivity contribution in [2.75, 3.05) is 22.5 Å². The molecule has 11 heteroatoms. The van der Waals surface area contributed by atoms with Gasteiger partial charge in [-0.3, -0.25) is 19.2 Å². The fraction of sp³-hybridized carbons (Fsp3) is 0.300. The van der Waals surface area contributed by atoms with Gasteiger partial charge in [0.2, 0.25) is 15.9 Å². The van der Waals surface area contributed by atoms with E-state index >= 15 is 0 Å². The minimum atomic E-state index is -3.97. The SMILES string of the molecule is CCOC(=O)c1cccc(NC(=O)[C@@H](C)N(c2cc([N+](=O)[O-])ccc2C)S(C)(=O)=O)c1. The Kier molecular flexibility index (Phi) is 7.34. The third-order valence-electron chi connectivity index (χ3n) is 4.37. The second-order valence-electron chi connectivity index (χ2n) is 6.75. The molecule has 10 nitrogen and oxygen atoms in total. The van der Waals surface area contributed by atoms with Gasteiger partial charge in [0, 0.05) is 17.8 Å². The van der Waals surface area contributed by atoms with Crippen molar-refractivity contribution in [3.05, 3.63) is 63.7 Å². The van der Waals surface area contributed by atoms with Gasteiger partial charge >= 0.3 is 5.97 Å². The van der Waals surface area contributed by atoms with E-state index in [1.807, 2.05) is 0 Å². The van der Waals surface area contributed by atoms with Crippen LogP contribution in [0, 0.1) is 17.0 Å². The number of nitrogens with one attached hydrogen (secondary N) is 1. The first-order valence-electron chi connectivity index (χ1n) is 9.28. The zero-order chi connectivity index (χ0) is 23.3. The summed E-state index contributed by atoms with van der Waals surface area (Å²) in [5.41, 5.74) is 0.664. The zero-order valence-corrected chi connectivity index (χ0v) is 18.3. The number of sulfonamides is 1. The Morgan fingerprint density at radius 3 is 2.48 bits per heavy atom. The molecule has 0 aliphatic carbocycles. The minimum absolute atomic E-state index is 0.0274. The molecule has 0 aliphatic rings. The van der Waals surface area contributed by atoms with Gasteiger partial charge in [0.05, 0.1) is 29.0 Å². The molecular formula is C20H23N3O7S. The first-order valence-corrected chi connectivity index (χ1v) is 11.1. The van der Waals surface area contributed by atoms with Crippen LogP contribution in [0.5, 0.6) is 0 Å². The third kappa shape index (κ3) is 5.79. The summed E-state index contributed by atoms with van der Waals surface area (Å²) in [4.78, 5) is 35.2. The number of hydrogen-bond donors (Lipinski definition) is 1. The first kappa shape index (κ1) is 23.8. The van der Waals surface area contributed by atoms with E-state index in [1.165, 1.54) is 37.3 Å². The van der Waals surface area contributed by atoms with Gasteiger partial charge in [-0.25, -0.2) is 13.2 Å². The molecule has 0 radical (unpaired) electrons. The fourth-order valence-corrected chi connectivity index (χ4v) is 4.14. The molecule has 0 aromatic heterocycles. The Hall–Kier alpha value is -3.47. The maximum atomic E-state index is 12.8. The largest absolute Gasteiger partial charge is 0.462 e. The molecule has 0 spiro atoms. The number of aryl methyl sites for hydroxylation is 1. The number of amides is 1. The summed E-state index contributed by atoms with van der Waals surface area (Å²) < 4.78 is 30.7. The molecule has 0 saturated heterocycles. The molecule has 0 aliphatic heterocycles. The Balaban J connectivity index is 2.38. The van der Waals surface area contributed by atoms with Crippen molar-refractivity contribution in [3.63, 3.8) is 0 Å². The van der Waals surface area contributed by atoms with Crippen molar-refractivity contribution in [1.29, 1.82) is 0 Å². The first-order chi connectivity index (χ1) is 14.5. The summed E-state index contributed by atoms with van der Waals surface area (Å²) >= 11 is 0. The molecule has 31 heavy (non-hydrogen) atoms. The van der Waals surface area contributed by atoms with Gasteiger partial charge in [0.1, 0.15) is 6.04 Å². The van der Waals surface area contributed by atoms with Crippen molar-refractivity contribution in [2.24, 2.45) is 0 Å². The Morgan fingerprint density at radius 2 is 1.90 bits per heavy atom. The number of esters is 1. The molecule has 2 rings (SSSR count). The summed E-state index contributed by atoms with van der Waals surface area (Å²) in [5.74, 6) is -1.24. The highest BCUT2D eigenvalue weighted by Gasteiger charge is 2.31. The smallest absolute Gasteiger partial charge is 0.338 e. The average Bonchev–Trinajstić information content (AvgIpc) is 2.68. The number of ether oxygens (including phenoxy) is 1. The van der Waals surface area contributed by atoms with Gasteiger partial charge in [-0.1, -0.05) is 12.1 Å². The molecule has 0 fully saturated rings. The van der Waals surface area contributed by atoms with Gasteiger partial charge in [0.25, 0.3) is 5.69 Å². The number of carbonyl (C=O) groups excluding carboxylic acids is 2. The molecule has 0 heterocycles. The standard InChI is InChI=1S/C20H23N3O7S/c1-5-30-20(25)15-7-6-8-16(11-15)21-19(24)14(3)22(31(4,28)29)18-12-17(23(26)27)10-9-13(18)2/h6-12,14H,5H2,1-4H3,(H,21,24)/t14-/m1/s1. The predicted molar refractivity (Wildman–Crippen MR) is 116 cm³/mol. The van der Waals surface area contributed by atoms with Gasteiger partial charge in [-0.2, -0.15) is 0 Å². The number of hydrogen-bond acceptors (Lipinski definition) is 7. The highest BCUT2D eigenvalue weighted by atomic mass is 32.2. The summed E-state index contributed by atoms with van der Waals surface area (Å²) in [7, 11) is -3.97. The number of rotatable bonds is 8. The van der Waals surface area contributed by atoms with E-state index < -0.39 is 32.9 Å². The van der Waals surface area contributed by atoms with Crippen LogP contribution in [0.3, 0.4) is 0 Å². The molecule has 1 atom stereocenters. The van der Waals surface area contributed by atoms with Gasteiger partial charge in [-0.05, 0) is 44.5 Å². The number of nitro groups is 1. The van der Waals surface area contributed by atoms with Crippen LogP contribution in [-0.2, 0) is 19.6 Å². The average molecular weight is 449 g/mol. The molecular weight excluding hydrogens is 426 g/mol. The van der Waals surface area contributed by atoms with Crippen molar-refractivity contribution in [2.45, 2.75) is 26.8 Å². The lowest BCUT2D eigenvalue weighted by molar-refractivity contribution is -0.384. The molecule has 166 valence electrons. The Labute approximate surface area is 180 Å². The van der Waals surface area contributed by atoms with Crippen LogP contribution < -0.4 is 9.62 Å². The number of benzene rings is 2. The van der Waals surface area contributed by atoms with E-state index in [9.17, 15) is 28.1 Å². The molecule has 0 bridgehead atoms. The number of anilines is 2. The van der Waals surface area contributed by atoms with Crippen LogP contribution >= 0.6 is 0 Å². The second kappa shape index (κ2) is 9.56. The normalized spacial score (nSPS) is 12.0. The van der Waals surface area contributed by atoms with Crippen molar-refractivity contribution < 1.29 is 27.7 Å². The zero-order valence-electron chi connectivity index (χ0n) is 17.5. The minimum Gasteiger partial charge on any atom is -0.462 e. The Morgan fingerprint density at radius 1 is 1.23 bits per heavy atom. The molecule has 0 unspecified atom stereocenters.